The number of hydrogen-bond acceptors (Lipinski definition) is 3. The Kier molecular flexibility index (Phi) is 4.88. The highest BCUT2D eigenvalue weighted by molar-refractivity contribution is 5.79. The Labute approximate surface area is 126 Å². The molecule has 1 amide bonds. The van der Waals surface area contributed by atoms with Crippen LogP contribution in [0.2, 0.25) is 0 Å². The van der Waals surface area contributed by atoms with E-state index < -0.39 is 0 Å². The van der Waals surface area contributed by atoms with E-state index in [1.807, 2.05) is 0 Å². The Bertz CT molecular complexity index is 485. The van der Waals surface area contributed by atoms with Crippen molar-refractivity contribution in [2.75, 3.05) is 26.2 Å². The fourth-order valence-corrected chi connectivity index (χ4v) is 3.01. The molecule has 21 heavy (non-hydrogen) atoms. The van der Waals surface area contributed by atoms with Gasteiger partial charge >= 0.3 is 0 Å². The lowest BCUT2D eigenvalue weighted by Crippen LogP contribution is -2.50. The molecular weight excluding hydrogens is 264 g/mol. The third kappa shape index (κ3) is 3.63. The quantitative estimate of drug-likeness (QED) is 0.785. The van der Waals surface area contributed by atoms with Gasteiger partial charge < -0.3 is 15.4 Å². The van der Waals surface area contributed by atoms with Gasteiger partial charge in [-0.05, 0) is 36.8 Å². The van der Waals surface area contributed by atoms with Crippen molar-refractivity contribution in [3.63, 3.8) is 0 Å². The molecular formula is C17H24N2O2. The fraction of sp³-hybridized carbons (Fsp3) is 0.588. The zero-order chi connectivity index (χ0) is 14.5. The van der Waals surface area contributed by atoms with E-state index in [0.29, 0.717) is 13.2 Å². The molecule has 0 bridgehead atoms. The minimum absolute atomic E-state index is 0.177. The van der Waals surface area contributed by atoms with E-state index in [9.17, 15) is 4.79 Å². The first-order chi connectivity index (χ1) is 10.3. The van der Waals surface area contributed by atoms with Crippen molar-refractivity contribution < 1.29 is 9.53 Å². The molecule has 4 nitrogen and oxygen atoms in total. The summed E-state index contributed by atoms with van der Waals surface area (Å²) < 4.78 is 6.03. The van der Waals surface area contributed by atoms with Crippen molar-refractivity contribution in [1.29, 1.82) is 0 Å². The monoisotopic (exact) mass is 288 g/mol. The number of ether oxygens (including phenoxy) is 1. The van der Waals surface area contributed by atoms with Gasteiger partial charge in [0, 0.05) is 26.2 Å². The summed E-state index contributed by atoms with van der Waals surface area (Å²) in [6.07, 6.45) is 4.59. The summed E-state index contributed by atoms with van der Waals surface area (Å²) in [5, 5.41) is 6.09. The molecule has 1 unspecified atom stereocenters. The maximum atomic E-state index is 11.7. The van der Waals surface area contributed by atoms with Gasteiger partial charge in [0.2, 0.25) is 5.91 Å². The Balaban J connectivity index is 1.37. The van der Waals surface area contributed by atoms with Gasteiger partial charge in [0.1, 0.15) is 0 Å². The van der Waals surface area contributed by atoms with Crippen molar-refractivity contribution in [3.05, 3.63) is 35.4 Å². The van der Waals surface area contributed by atoms with E-state index in [-0.39, 0.29) is 17.9 Å². The molecule has 114 valence electrons. The fourth-order valence-electron chi connectivity index (χ4n) is 3.01. The minimum atomic E-state index is 0.177. The molecule has 0 saturated carbocycles. The topological polar surface area (TPSA) is 50.4 Å². The number of carbonyl (C=O) groups is 1. The number of benzene rings is 1. The highest BCUT2D eigenvalue weighted by atomic mass is 16.5. The van der Waals surface area contributed by atoms with Crippen molar-refractivity contribution in [1.82, 2.24) is 10.6 Å². The van der Waals surface area contributed by atoms with Gasteiger partial charge in [0.05, 0.1) is 12.0 Å². The van der Waals surface area contributed by atoms with Gasteiger partial charge in [-0.1, -0.05) is 24.3 Å². The molecule has 1 aliphatic carbocycles. The number of hydrogen-bond donors (Lipinski definition) is 2. The third-order valence-corrected chi connectivity index (χ3v) is 4.41. The molecule has 1 atom stereocenters. The molecule has 2 N–H and O–H groups in total. The van der Waals surface area contributed by atoms with E-state index in [1.165, 1.54) is 24.0 Å². The molecule has 1 heterocycles. The van der Waals surface area contributed by atoms with Gasteiger partial charge in [-0.15, -0.1) is 0 Å². The summed E-state index contributed by atoms with van der Waals surface area (Å²) in [5.41, 5.74) is 2.79. The second-order valence-electron chi connectivity index (χ2n) is 5.95. The zero-order valence-corrected chi connectivity index (χ0v) is 12.4. The smallest absolute Gasteiger partial charge is 0.225 e. The Morgan fingerprint density at radius 1 is 1.33 bits per heavy atom. The SMILES string of the molecule is O=C(NCCCOC1CCCc2ccccc21)C1CNC1. The molecule has 0 radical (unpaired) electrons. The molecule has 1 aliphatic heterocycles. The first kappa shape index (κ1) is 14.5. The van der Waals surface area contributed by atoms with Crippen LogP contribution in [0.25, 0.3) is 0 Å². The molecule has 2 aliphatic rings. The van der Waals surface area contributed by atoms with Gasteiger partial charge in [-0.25, -0.2) is 0 Å². The first-order valence-corrected chi connectivity index (χ1v) is 8.02. The van der Waals surface area contributed by atoms with Crippen LogP contribution in [0.5, 0.6) is 0 Å². The molecule has 0 spiro atoms. The summed E-state index contributed by atoms with van der Waals surface area (Å²) in [7, 11) is 0. The van der Waals surface area contributed by atoms with E-state index in [4.69, 9.17) is 4.74 Å². The van der Waals surface area contributed by atoms with E-state index in [0.717, 1.165) is 25.9 Å². The number of aryl methyl sites for hydroxylation is 1. The summed E-state index contributed by atoms with van der Waals surface area (Å²) in [5.74, 6) is 0.355. The van der Waals surface area contributed by atoms with Gasteiger partial charge in [-0.2, -0.15) is 0 Å². The van der Waals surface area contributed by atoms with Crippen molar-refractivity contribution in [2.45, 2.75) is 31.8 Å². The normalized spacial score (nSPS) is 21.4. The van der Waals surface area contributed by atoms with Gasteiger partial charge in [0.15, 0.2) is 0 Å². The number of amides is 1. The lowest BCUT2D eigenvalue weighted by atomic mass is 9.89. The van der Waals surface area contributed by atoms with Crippen LogP contribution in [0.15, 0.2) is 24.3 Å². The second kappa shape index (κ2) is 7.05. The van der Waals surface area contributed by atoms with Crippen LogP contribution < -0.4 is 10.6 Å². The van der Waals surface area contributed by atoms with Crippen LogP contribution in [0, 0.1) is 5.92 Å². The average molecular weight is 288 g/mol. The summed E-state index contributed by atoms with van der Waals surface area (Å²) in [6.45, 7) is 3.06. The van der Waals surface area contributed by atoms with Crippen LogP contribution in [-0.2, 0) is 16.0 Å². The standard InChI is InChI=1S/C17H24N2O2/c20-17(14-11-18-12-14)19-9-4-10-21-16-8-3-6-13-5-1-2-7-15(13)16/h1-2,5,7,14,16,18H,3-4,6,8-12H2,(H,19,20). The van der Waals surface area contributed by atoms with Gasteiger partial charge in [0.25, 0.3) is 0 Å². The molecule has 1 fully saturated rings. The number of fused-ring (bicyclic) bond motifs is 1. The number of nitrogens with one attached hydrogen (secondary N) is 2. The Morgan fingerprint density at radius 2 is 2.19 bits per heavy atom. The van der Waals surface area contributed by atoms with Gasteiger partial charge in [-0.3, -0.25) is 4.79 Å². The van der Waals surface area contributed by atoms with E-state index in [1.54, 1.807) is 0 Å². The minimum Gasteiger partial charge on any atom is -0.373 e. The number of carbonyl (C=O) groups excluding carboxylic acids is 1. The Morgan fingerprint density at radius 3 is 3.00 bits per heavy atom. The highest BCUT2D eigenvalue weighted by Gasteiger charge is 2.24. The zero-order valence-electron chi connectivity index (χ0n) is 12.4. The molecule has 4 heteroatoms. The van der Waals surface area contributed by atoms with Crippen LogP contribution >= 0.6 is 0 Å². The maximum Gasteiger partial charge on any atom is 0.225 e. The van der Waals surface area contributed by atoms with Crippen LogP contribution in [0.1, 0.15) is 36.5 Å². The van der Waals surface area contributed by atoms with Crippen LogP contribution in [-0.4, -0.2) is 32.1 Å². The highest BCUT2D eigenvalue weighted by Crippen LogP contribution is 2.32. The predicted octanol–water partition coefficient (Wildman–Crippen LogP) is 1.81. The average Bonchev–Trinajstić information content (AvgIpc) is 2.45. The molecule has 1 aromatic carbocycles. The second-order valence-corrected chi connectivity index (χ2v) is 5.95. The summed E-state index contributed by atoms with van der Waals surface area (Å²) in [6, 6.07) is 8.59. The lowest BCUT2D eigenvalue weighted by Gasteiger charge is -2.26. The van der Waals surface area contributed by atoms with Crippen LogP contribution in [0.3, 0.4) is 0 Å². The van der Waals surface area contributed by atoms with Crippen molar-refractivity contribution in [3.8, 4) is 0 Å². The van der Waals surface area contributed by atoms with E-state index in [2.05, 4.69) is 34.9 Å². The first-order valence-electron chi connectivity index (χ1n) is 8.02. The lowest BCUT2D eigenvalue weighted by molar-refractivity contribution is -0.126. The van der Waals surface area contributed by atoms with Crippen molar-refractivity contribution in [2.24, 2.45) is 5.92 Å². The summed E-state index contributed by atoms with van der Waals surface area (Å²) in [4.78, 5) is 11.7. The van der Waals surface area contributed by atoms with Crippen molar-refractivity contribution >= 4 is 5.91 Å². The van der Waals surface area contributed by atoms with E-state index >= 15 is 0 Å². The largest absolute Gasteiger partial charge is 0.373 e. The third-order valence-electron chi connectivity index (χ3n) is 4.41. The molecule has 1 saturated heterocycles. The maximum absolute atomic E-state index is 11.7. The molecule has 0 aromatic heterocycles. The van der Waals surface area contributed by atoms with Crippen LogP contribution in [0.4, 0.5) is 0 Å². The predicted molar refractivity (Wildman–Crippen MR) is 82.1 cm³/mol. The Hall–Kier alpha value is -1.39. The summed E-state index contributed by atoms with van der Waals surface area (Å²) >= 11 is 0. The molecule has 1 aromatic rings. The molecule has 3 rings (SSSR count). The number of rotatable bonds is 6.